The van der Waals surface area contributed by atoms with Crippen LogP contribution in [0.15, 0.2) is 22.2 Å². The Bertz CT molecular complexity index is 702. The van der Waals surface area contributed by atoms with Crippen LogP contribution in [0.5, 0.6) is 0 Å². The third-order valence-electron chi connectivity index (χ3n) is 8.53. The van der Waals surface area contributed by atoms with Gasteiger partial charge in [0.05, 0.1) is 0 Å². The van der Waals surface area contributed by atoms with Gasteiger partial charge < -0.3 is 5.32 Å². The van der Waals surface area contributed by atoms with Gasteiger partial charge in [-0.05, 0) is 110 Å². The lowest BCUT2D eigenvalue weighted by Crippen LogP contribution is -2.52. The maximum atomic E-state index is 13.1. The molecule has 2 saturated carbocycles. The molecule has 4 aliphatic rings. The molecular weight excluding hydrogens is 398 g/mol. The average molecular weight is 434 g/mol. The molecule has 0 spiro atoms. The number of allylic oxidation sites excluding steroid dienone is 4. The number of carbonyl (C=O) groups excluding carboxylic acids is 1. The van der Waals surface area contributed by atoms with E-state index in [1.807, 2.05) is 0 Å². The van der Waals surface area contributed by atoms with Gasteiger partial charge >= 0.3 is 0 Å². The Morgan fingerprint density at radius 2 is 1.89 bits per heavy atom. The molecule has 1 N–H and O–H groups in total. The van der Waals surface area contributed by atoms with Gasteiger partial charge in [0.1, 0.15) is 0 Å². The van der Waals surface area contributed by atoms with Crippen LogP contribution in [0.25, 0.3) is 0 Å². The molecule has 0 radical (unpaired) electrons. The fraction of sp³-hybridized carbons (Fsp3) is 0.792. The molecule has 0 aliphatic heterocycles. The van der Waals surface area contributed by atoms with Crippen molar-refractivity contribution in [2.75, 3.05) is 0 Å². The molecule has 3 heteroatoms. The van der Waals surface area contributed by atoms with Crippen LogP contribution >= 0.6 is 15.9 Å². The summed E-state index contributed by atoms with van der Waals surface area (Å²) in [6.07, 6.45) is 13.4. The summed E-state index contributed by atoms with van der Waals surface area (Å²) in [7, 11) is 0. The SMILES string of the molecule is CC(C)(C)NC(=O)[C@H]1CCC2C3CC=C4C=C(Br)CCC4(C)C3CCC21C. The number of amides is 1. The number of hydrogen-bond donors (Lipinski definition) is 1. The second-order valence-electron chi connectivity index (χ2n) is 11.2. The maximum absolute atomic E-state index is 13.1. The number of carbonyl (C=O) groups is 1. The highest BCUT2D eigenvalue weighted by molar-refractivity contribution is 9.11. The average Bonchev–Trinajstić information content (AvgIpc) is 2.91. The predicted octanol–water partition coefficient (Wildman–Crippen LogP) is 6.37. The number of nitrogens with one attached hydrogen (secondary N) is 1. The van der Waals surface area contributed by atoms with Gasteiger partial charge in [-0.15, -0.1) is 0 Å². The molecule has 0 bridgehead atoms. The van der Waals surface area contributed by atoms with Crippen molar-refractivity contribution in [2.24, 2.45) is 34.5 Å². The van der Waals surface area contributed by atoms with E-state index in [4.69, 9.17) is 0 Å². The largest absolute Gasteiger partial charge is 0.351 e. The van der Waals surface area contributed by atoms with Crippen LogP contribution in [0, 0.1) is 34.5 Å². The molecule has 2 fully saturated rings. The zero-order valence-corrected chi connectivity index (χ0v) is 19.3. The van der Waals surface area contributed by atoms with E-state index in [0.29, 0.717) is 17.2 Å². The smallest absolute Gasteiger partial charge is 0.224 e. The van der Waals surface area contributed by atoms with Gasteiger partial charge in [0.25, 0.3) is 0 Å². The van der Waals surface area contributed by atoms with Gasteiger partial charge in [-0.1, -0.05) is 35.9 Å². The van der Waals surface area contributed by atoms with Gasteiger partial charge in [0.15, 0.2) is 0 Å². The van der Waals surface area contributed by atoms with Crippen molar-refractivity contribution < 1.29 is 4.79 Å². The number of rotatable bonds is 1. The summed E-state index contributed by atoms with van der Waals surface area (Å²) in [5, 5.41) is 3.29. The molecule has 0 aromatic rings. The first-order valence-electron chi connectivity index (χ1n) is 10.9. The maximum Gasteiger partial charge on any atom is 0.224 e. The second kappa shape index (κ2) is 6.47. The lowest BCUT2D eigenvalue weighted by atomic mass is 9.48. The summed E-state index contributed by atoms with van der Waals surface area (Å²) in [6.45, 7) is 11.2. The lowest BCUT2D eigenvalue weighted by molar-refractivity contribution is -0.133. The van der Waals surface area contributed by atoms with Crippen molar-refractivity contribution in [3.8, 4) is 0 Å². The zero-order chi connectivity index (χ0) is 19.6. The molecule has 6 atom stereocenters. The molecule has 0 aromatic heterocycles. The molecule has 0 saturated heterocycles. The van der Waals surface area contributed by atoms with E-state index in [-0.39, 0.29) is 16.9 Å². The molecule has 0 aromatic carbocycles. The van der Waals surface area contributed by atoms with Gasteiger partial charge in [0, 0.05) is 11.5 Å². The van der Waals surface area contributed by atoms with Crippen LogP contribution < -0.4 is 5.32 Å². The normalized spacial score (nSPS) is 43.8. The minimum atomic E-state index is -0.138. The molecule has 2 nitrogen and oxygen atoms in total. The van der Waals surface area contributed by atoms with E-state index >= 15 is 0 Å². The molecule has 0 heterocycles. The van der Waals surface area contributed by atoms with E-state index < -0.39 is 0 Å². The molecule has 27 heavy (non-hydrogen) atoms. The quantitative estimate of drug-likeness (QED) is 0.511. The molecule has 4 rings (SSSR count). The van der Waals surface area contributed by atoms with Crippen LogP contribution in [0.1, 0.15) is 79.6 Å². The van der Waals surface area contributed by atoms with Crippen LogP contribution in [0.4, 0.5) is 0 Å². The Labute approximate surface area is 173 Å². The van der Waals surface area contributed by atoms with Gasteiger partial charge in [0.2, 0.25) is 5.91 Å². The molecule has 4 aliphatic carbocycles. The van der Waals surface area contributed by atoms with Gasteiger partial charge in [-0.3, -0.25) is 4.79 Å². The second-order valence-corrected chi connectivity index (χ2v) is 12.2. The summed E-state index contributed by atoms with van der Waals surface area (Å²) in [4.78, 5) is 13.1. The van der Waals surface area contributed by atoms with E-state index in [9.17, 15) is 4.79 Å². The third-order valence-corrected chi connectivity index (χ3v) is 9.16. The van der Waals surface area contributed by atoms with Crippen LogP contribution in [0.2, 0.25) is 0 Å². The van der Waals surface area contributed by atoms with Gasteiger partial charge in [-0.2, -0.15) is 0 Å². The zero-order valence-electron chi connectivity index (χ0n) is 17.7. The Hall–Kier alpha value is -0.570. The standard InChI is InChI=1S/C24H36BrNO/c1-22(2,3)26-21(27)20-9-8-18-17-7-6-15-14-16(25)10-12-23(15,4)19(17)11-13-24(18,20)5/h6,14,17-20H,7-13H2,1-5H3,(H,26,27)/t17?,18?,19?,20-,23?,24?/m1/s1. The van der Waals surface area contributed by atoms with Crippen molar-refractivity contribution >= 4 is 21.8 Å². The Kier molecular flexibility index (Phi) is 4.73. The van der Waals surface area contributed by atoms with Crippen molar-refractivity contribution in [3.05, 3.63) is 22.2 Å². The van der Waals surface area contributed by atoms with Crippen LogP contribution in [-0.2, 0) is 4.79 Å². The first kappa shape index (κ1) is 19.7. The fourth-order valence-corrected chi connectivity index (χ4v) is 7.62. The van der Waals surface area contributed by atoms with E-state index in [1.54, 1.807) is 5.57 Å². The third kappa shape index (κ3) is 3.16. The van der Waals surface area contributed by atoms with E-state index in [2.05, 4.69) is 68.0 Å². The minimum absolute atomic E-state index is 0.138. The molecule has 150 valence electrons. The topological polar surface area (TPSA) is 29.1 Å². The van der Waals surface area contributed by atoms with Crippen molar-refractivity contribution in [1.29, 1.82) is 0 Å². The summed E-state index contributed by atoms with van der Waals surface area (Å²) in [6, 6.07) is 0. The van der Waals surface area contributed by atoms with Crippen LogP contribution in [-0.4, -0.2) is 11.4 Å². The molecule has 5 unspecified atom stereocenters. The van der Waals surface area contributed by atoms with Gasteiger partial charge in [-0.25, -0.2) is 0 Å². The van der Waals surface area contributed by atoms with Crippen molar-refractivity contribution in [2.45, 2.75) is 85.1 Å². The number of hydrogen-bond acceptors (Lipinski definition) is 1. The highest BCUT2D eigenvalue weighted by Gasteiger charge is 2.59. The molecule has 1 amide bonds. The minimum Gasteiger partial charge on any atom is -0.351 e. The highest BCUT2D eigenvalue weighted by atomic mass is 79.9. The summed E-state index contributed by atoms with van der Waals surface area (Å²) < 4.78 is 1.37. The lowest BCUT2D eigenvalue weighted by Gasteiger charge is -2.57. The monoisotopic (exact) mass is 433 g/mol. The summed E-state index contributed by atoms with van der Waals surface area (Å²) in [5.41, 5.74) is 1.96. The summed E-state index contributed by atoms with van der Waals surface area (Å²) >= 11 is 3.74. The van der Waals surface area contributed by atoms with Crippen LogP contribution in [0.3, 0.4) is 0 Å². The van der Waals surface area contributed by atoms with E-state index in [1.165, 1.54) is 43.0 Å². The van der Waals surface area contributed by atoms with Crippen molar-refractivity contribution in [3.63, 3.8) is 0 Å². The fourth-order valence-electron chi connectivity index (χ4n) is 7.18. The highest BCUT2D eigenvalue weighted by Crippen LogP contribution is 2.66. The summed E-state index contributed by atoms with van der Waals surface area (Å²) in [5.74, 6) is 2.75. The number of halogens is 1. The predicted molar refractivity (Wildman–Crippen MR) is 115 cm³/mol. The van der Waals surface area contributed by atoms with E-state index in [0.717, 1.165) is 18.3 Å². The Balaban J connectivity index is 1.60. The first-order chi connectivity index (χ1) is 12.5. The first-order valence-corrected chi connectivity index (χ1v) is 11.7. The Morgan fingerprint density at radius 3 is 2.59 bits per heavy atom. The molecular formula is C24H36BrNO. The van der Waals surface area contributed by atoms with Crippen molar-refractivity contribution in [1.82, 2.24) is 5.32 Å². The number of fused-ring (bicyclic) bond motifs is 5. The Morgan fingerprint density at radius 1 is 1.15 bits per heavy atom.